The van der Waals surface area contributed by atoms with Gasteiger partial charge in [0, 0.05) is 12.8 Å². The third-order valence-corrected chi connectivity index (χ3v) is 8.16. The molecule has 0 spiro atoms. The molecule has 10 heteroatoms. The van der Waals surface area contributed by atoms with Crippen molar-refractivity contribution in [3.8, 4) is 0 Å². The van der Waals surface area contributed by atoms with Gasteiger partial charge in [0.15, 0.2) is 6.10 Å². The van der Waals surface area contributed by atoms with Crippen LogP contribution in [0, 0.1) is 5.92 Å². The van der Waals surface area contributed by atoms with Crippen LogP contribution < -0.4 is 0 Å². The highest BCUT2D eigenvalue weighted by atomic mass is 31.2. The summed E-state index contributed by atoms with van der Waals surface area (Å²) in [7, 11) is -4.78. The van der Waals surface area contributed by atoms with E-state index >= 15 is 0 Å². The molecular formula is C38H65O9P. The lowest BCUT2D eigenvalue weighted by Crippen LogP contribution is -2.29. The molecule has 3 N–H and O–H groups in total. The van der Waals surface area contributed by atoms with Crippen molar-refractivity contribution in [1.82, 2.24) is 0 Å². The van der Waals surface area contributed by atoms with E-state index < -0.39 is 38.6 Å². The van der Waals surface area contributed by atoms with Crippen molar-refractivity contribution in [2.75, 3.05) is 13.2 Å². The monoisotopic (exact) mass is 696 g/mol. The fraction of sp³-hybridized carbons (Fsp3) is 0.684. The zero-order chi connectivity index (χ0) is 35.7. The first kappa shape index (κ1) is 45.7. The molecule has 9 nitrogen and oxygen atoms in total. The first-order valence-electron chi connectivity index (χ1n) is 18.1. The first-order chi connectivity index (χ1) is 23.1. The fourth-order valence-electron chi connectivity index (χ4n) is 4.58. The quantitative estimate of drug-likeness (QED) is 0.0213. The maximum atomic E-state index is 12.3. The molecule has 0 aromatic carbocycles. The van der Waals surface area contributed by atoms with Gasteiger partial charge in [-0.25, -0.2) is 4.57 Å². The number of phosphoric acid groups is 1. The number of aliphatic hydroxyl groups is 1. The molecule has 0 aliphatic heterocycles. The second-order valence-corrected chi connectivity index (χ2v) is 13.5. The van der Waals surface area contributed by atoms with E-state index in [0.29, 0.717) is 25.7 Å². The van der Waals surface area contributed by atoms with Crippen molar-refractivity contribution in [1.29, 1.82) is 0 Å². The molecule has 2 unspecified atom stereocenters. The van der Waals surface area contributed by atoms with E-state index in [1.54, 1.807) is 6.08 Å². The average Bonchev–Trinajstić information content (AvgIpc) is 3.05. The van der Waals surface area contributed by atoms with Crippen LogP contribution in [0.25, 0.3) is 0 Å². The Bertz CT molecular complexity index is 996. The Kier molecular flexibility index (Phi) is 30.4. The van der Waals surface area contributed by atoms with Gasteiger partial charge >= 0.3 is 19.8 Å². The SMILES string of the molecule is CC/C=C\C/C=C\CC(O)/C=C/C=C\C/C=C\CCCC(=O)OC[C@H](COP(=O)(O)O)OC(=O)CCCCCCCCCCC(C)CC. The van der Waals surface area contributed by atoms with Crippen LogP contribution in [0.5, 0.6) is 0 Å². The smallest absolute Gasteiger partial charge is 0.462 e. The van der Waals surface area contributed by atoms with Gasteiger partial charge in [-0.05, 0) is 50.9 Å². The number of carbonyl (C=O) groups is 2. The highest BCUT2D eigenvalue weighted by molar-refractivity contribution is 7.46. The summed E-state index contributed by atoms with van der Waals surface area (Å²) in [6, 6.07) is 0. The summed E-state index contributed by atoms with van der Waals surface area (Å²) in [5.74, 6) is -0.189. The van der Waals surface area contributed by atoms with Crippen molar-refractivity contribution in [3.05, 3.63) is 60.8 Å². The number of hydrogen-bond acceptors (Lipinski definition) is 7. The minimum Gasteiger partial charge on any atom is -0.462 e. The van der Waals surface area contributed by atoms with E-state index in [4.69, 9.17) is 19.3 Å². The van der Waals surface area contributed by atoms with Crippen LogP contribution in [0.4, 0.5) is 0 Å². The van der Waals surface area contributed by atoms with Gasteiger partial charge in [0.05, 0.1) is 12.7 Å². The lowest BCUT2D eigenvalue weighted by atomic mass is 9.99. The number of carbonyl (C=O) groups excluding carboxylic acids is 2. The second kappa shape index (κ2) is 31.9. The summed E-state index contributed by atoms with van der Waals surface area (Å²) in [5, 5.41) is 9.95. The second-order valence-electron chi connectivity index (χ2n) is 12.3. The van der Waals surface area contributed by atoms with Crippen LogP contribution >= 0.6 is 7.82 Å². The molecule has 0 heterocycles. The van der Waals surface area contributed by atoms with E-state index in [2.05, 4.69) is 37.4 Å². The van der Waals surface area contributed by atoms with E-state index in [1.165, 1.54) is 38.5 Å². The zero-order valence-electron chi connectivity index (χ0n) is 29.9. The molecule has 0 aliphatic carbocycles. The molecule has 48 heavy (non-hydrogen) atoms. The summed E-state index contributed by atoms with van der Waals surface area (Å²) in [5.41, 5.74) is 0. The molecule has 0 saturated carbocycles. The zero-order valence-corrected chi connectivity index (χ0v) is 30.8. The lowest BCUT2D eigenvalue weighted by Gasteiger charge is -2.18. The van der Waals surface area contributed by atoms with E-state index in [1.807, 2.05) is 42.5 Å². The summed E-state index contributed by atoms with van der Waals surface area (Å²) in [4.78, 5) is 42.6. The minimum absolute atomic E-state index is 0.155. The Morgan fingerprint density at radius 2 is 1.35 bits per heavy atom. The van der Waals surface area contributed by atoms with Gasteiger partial charge in [-0.15, -0.1) is 0 Å². The van der Waals surface area contributed by atoms with Crippen LogP contribution in [0.2, 0.25) is 0 Å². The third-order valence-electron chi connectivity index (χ3n) is 7.67. The van der Waals surface area contributed by atoms with Gasteiger partial charge < -0.3 is 24.4 Å². The molecule has 3 atom stereocenters. The molecule has 0 aromatic rings. The van der Waals surface area contributed by atoms with Crippen molar-refractivity contribution in [3.63, 3.8) is 0 Å². The number of allylic oxidation sites excluding steroid dienone is 8. The minimum atomic E-state index is -4.78. The molecule has 276 valence electrons. The van der Waals surface area contributed by atoms with Crippen molar-refractivity contribution in [2.45, 2.75) is 149 Å². The Morgan fingerprint density at radius 3 is 2.04 bits per heavy atom. The van der Waals surface area contributed by atoms with Crippen molar-refractivity contribution < 1.29 is 43.0 Å². The molecule has 0 fully saturated rings. The molecular weight excluding hydrogens is 631 g/mol. The molecule has 0 amide bonds. The molecule has 0 bridgehead atoms. The Balaban J connectivity index is 4.19. The van der Waals surface area contributed by atoms with Gasteiger partial charge in [0.1, 0.15) is 6.61 Å². The third kappa shape index (κ3) is 33.6. The first-order valence-corrected chi connectivity index (χ1v) is 19.6. The van der Waals surface area contributed by atoms with Crippen LogP contribution in [0.15, 0.2) is 60.8 Å². The summed E-state index contributed by atoms with van der Waals surface area (Å²) in [6.07, 6.45) is 34.1. The predicted octanol–water partition coefficient (Wildman–Crippen LogP) is 9.39. The fourth-order valence-corrected chi connectivity index (χ4v) is 4.94. The van der Waals surface area contributed by atoms with Crippen LogP contribution in [-0.4, -0.2) is 52.3 Å². The molecule has 0 radical (unpaired) electrons. The van der Waals surface area contributed by atoms with Gasteiger partial charge in [-0.2, -0.15) is 0 Å². The highest BCUT2D eigenvalue weighted by Gasteiger charge is 2.22. The van der Waals surface area contributed by atoms with Gasteiger partial charge in [-0.1, -0.05) is 139 Å². The Morgan fingerprint density at radius 1 is 0.729 bits per heavy atom. The summed E-state index contributed by atoms with van der Waals surface area (Å²) >= 11 is 0. The standard InChI is InChI=1S/C38H65O9P/c1-4-6-7-8-18-23-28-35(39)29-24-19-14-10-12-15-20-25-30-37(40)45-32-36(33-46-48(42,43)44)47-38(41)31-26-21-16-11-9-13-17-22-27-34(3)5-2/h6-7,12,14-15,18-19,23-24,29,34-36,39H,4-5,8-11,13,16-17,20-22,25-28,30-33H2,1-3H3,(H2,42,43,44)/b7-6-,15-12-,19-14-,23-18-,29-24+/t34?,35?,36-/m1/s1. The summed E-state index contributed by atoms with van der Waals surface area (Å²) in [6.45, 7) is 5.73. The normalized spacial score (nSPS) is 14.5. The topological polar surface area (TPSA) is 140 Å². The number of esters is 2. The molecule has 0 saturated heterocycles. The maximum Gasteiger partial charge on any atom is 0.469 e. The molecule has 0 rings (SSSR count). The van der Waals surface area contributed by atoms with E-state index in [0.717, 1.165) is 44.4 Å². The van der Waals surface area contributed by atoms with Crippen molar-refractivity contribution in [2.24, 2.45) is 5.92 Å². The number of ether oxygens (including phenoxy) is 2. The molecule has 0 aliphatic rings. The maximum absolute atomic E-state index is 12.3. The van der Waals surface area contributed by atoms with Gasteiger partial charge in [0.2, 0.25) is 0 Å². The van der Waals surface area contributed by atoms with Crippen LogP contribution in [0.3, 0.4) is 0 Å². The van der Waals surface area contributed by atoms with Crippen LogP contribution in [0.1, 0.15) is 136 Å². The van der Waals surface area contributed by atoms with Gasteiger partial charge in [-0.3, -0.25) is 14.1 Å². The number of unbranched alkanes of at least 4 members (excludes halogenated alkanes) is 8. The van der Waals surface area contributed by atoms with Crippen molar-refractivity contribution >= 4 is 19.8 Å². The highest BCUT2D eigenvalue weighted by Crippen LogP contribution is 2.36. The largest absolute Gasteiger partial charge is 0.469 e. The van der Waals surface area contributed by atoms with E-state index in [9.17, 15) is 19.3 Å². The number of phosphoric ester groups is 1. The number of aliphatic hydroxyl groups excluding tert-OH is 1. The van der Waals surface area contributed by atoms with Gasteiger partial charge in [0.25, 0.3) is 0 Å². The number of hydrogen-bond donors (Lipinski definition) is 3. The van der Waals surface area contributed by atoms with Crippen LogP contribution in [-0.2, 0) is 28.2 Å². The number of rotatable bonds is 31. The predicted molar refractivity (Wildman–Crippen MR) is 194 cm³/mol. The molecule has 0 aromatic heterocycles. The Hall–Kier alpha value is -2.29. The lowest BCUT2D eigenvalue weighted by molar-refractivity contribution is -0.161. The average molecular weight is 697 g/mol. The van der Waals surface area contributed by atoms with E-state index in [-0.39, 0.29) is 19.4 Å². The summed E-state index contributed by atoms with van der Waals surface area (Å²) < 4.78 is 26.2. The Labute approximate surface area is 290 Å².